The highest BCUT2D eigenvalue weighted by Crippen LogP contribution is 2.42. The first-order valence-electron chi connectivity index (χ1n) is 10.1. The third kappa shape index (κ3) is 3.20. The fourth-order valence-corrected chi connectivity index (χ4v) is 4.31. The summed E-state index contributed by atoms with van der Waals surface area (Å²) in [5, 5.41) is 7.35. The second-order valence-corrected chi connectivity index (χ2v) is 8.33. The Labute approximate surface area is 179 Å². The molecule has 5 rings (SSSR count). The van der Waals surface area contributed by atoms with Gasteiger partial charge in [0.1, 0.15) is 5.75 Å². The van der Waals surface area contributed by atoms with Gasteiger partial charge in [0.05, 0.1) is 22.3 Å². The zero-order valence-corrected chi connectivity index (χ0v) is 18.0. The number of hydrogen-bond acceptors (Lipinski definition) is 5. The molecule has 0 unspecified atom stereocenters. The molecule has 2 aromatic heterocycles. The Morgan fingerprint density at radius 2 is 2.03 bits per heavy atom. The molecule has 1 aliphatic carbocycles. The van der Waals surface area contributed by atoms with Gasteiger partial charge in [0.2, 0.25) is 0 Å². The molecule has 1 aliphatic rings. The van der Waals surface area contributed by atoms with Gasteiger partial charge in [-0.3, -0.25) is 4.68 Å². The molecule has 30 heavy (non-hydrogen) atoms. The van der Waals surface area contributed by atoms with Crippen LogP contribution in [-0.2, 0) is 11.8 Å². The van der Waals surface area contributed by atoms with E-state index in [2.05, 4.69) is 11.2 Å². The topological polar surface area (TPSA) is 62.1 Å². The Bertz CT molecular complexity index is 1260. The minimum absolute atomic E-state index is 0.144. The van der Waals surface area contributed by atoms with Crippen LogP contribution in [0.25, 0.3) is 33.2 Å². The standard InChI is InChI=1S/C23H23ClN4O2/c1-13-20-15(11-28(2)27-20)9-18(22(13)30-12-29-3)23-25-19-8-7-16(24)10-17(19)21(26-23)14-5-4-6-14/h7-11,14H,4-6,12H2,1-3H3. The number of nitrogens with zero attached hydrogens (tertiary/aromatic N) is 4. The lowest BCUT2D eigenvalue weighted by atomic mass is 9.81. The normalized spacial score (nSPS) is 14.4. The van der Waals surface area contributed by atoms with Crippen molar-refractivity contribution in [1.29, 1.82) is 0 Å². The first-order chi connectivity index (χ1) is 14.5. The molecule has 0 saturated heterocycles. The summed E-state index contributed by atoms with van der Waals surface area (Å²) in [6, 6.07) is 7.88. The van der Waals surface area contributed by atoms with E-state index in [0.29, 0.717) is 22.5 Å². The Balaban J connectivity index is 1.77. The number of ether oxygens (including phenoxy) is 2. The lowest BCUT2D eigenvalue weighted by Gasteiger charge is -2.26. The number of rotatable bonds is 5. The molecule has 0 N–H and O–H groups in total. The summed E-state index contributed by atoms with van der Waals surface area (Å²) in [5.41, 5.74) is 4.67. The maximum absolute atomic E-state index is 6.29. The molecule has 0 aliphatic heterocycles. The molecule has 154 valence electrons. The number of aromatic nitrogens is 4. The SMILES string of the molecule is COCOc1c(-c2nc(C3CCC3)c3cc(Cl)ccc3n2)cc2cn(C)nc2c1C. The maximum Gasteiger partial charge on any atom is 0.188 e. The van der Waals surface area contributed by atoms with Crippen LogP contribution in [0.1, 0.15) is 36.4 Å². The monoisotopic (exact) mass is 422 g/mol. The van der Waals surface area contributed by atoms with Crippen LogP contribution in [0.15, 0.2) is 30.5 Å². The van der Waals surface area contributed by atoms with Crippen molar-refractivity contribution in [3.8, 4) is 17.1 Å². The summed E-state index contributed by atoms with van der Waals surface area (Å²) >= 11 is 6.29. The summed E-state index contributed by atoms with van der Waals surface area (Å²) in [6.45, 7) is 2.16. The van der Waals surface area contributed by atoms with E-state index in [0.717, 1.165) is 51.5 Å². The van der Waals surface area contributed by atoms with Crippen LogP contribution in [0.5, 0.6) is 5.75 Å². The van der Waals surface area contributed by atoms with Crippen LogP contribution in [0.3, 0.4) is 0 Å². The van der Waals surface area contributed by atoms with E-state index in [1.807, 2.05) is 43.0 Å². The molecule has 6 nitrogen and oxygen atoms in total. The largest absolute Gasteiger partial charge is 0.466 e. The minimum Gasteiger partial charge on any atom is -0.466 e. The highest BCUT2D eigenvalue weighted by Gasteiger charge is 2.26. The van der Waals surface area contributed by atoms with Crippen LogP contribution >= 0.6 is 11.6 Å². The lowest BCUT2D eigenvalue weighted by molar-refractivity contribution is 0.0511. The van der Waals surface area contributed by atoms with E-state index < -0.39 is 0 Å². The smallest absolute Gasteiger partial charge is 0.188 e. The van der Waals surface area contributed by atoms with Crippen LogP contribution in [0, 0.1) is 6.92 Å². The molecule has 0 atom stereocenters. The van der Waals surface area contributed by atoms with Crippen molar-refractivity contribution in [3.05, 3.63) is 46.7 Å². The number of aryl methyl sites for hydroxylation is 2. The van der Waals surface area contributed by atoms with Crippen molar-refractivity contribution in [2.45, 2.75) is 32.1 Å². The fourth-order valence-electron chi connectivity index (χ4n) is 4.14. The zero-order valence-electron chi connectivity index (χ0n) is 17.3. The summed E-state index contributed by atoms with van der Waals surface area (Å²) in [7, 11) is 3.53. The van der Waals surface area contributed by atoms with Crippen LogP contribution in [0.4, 0.5) is 0 Å². The van der Waals surface area contributed by atoms with E-state index in [1.165, 1.54) is 6.42 Å². The van der Waals surface area contributed by atoms with E-state index >= 15 is 0 Å². The summed E-state index contributed by atoms with van der Waals surface area (Å²) in [4.78, 5) is 9.93. The van der Waals surface area contributed by atoms with Crippen molar-refractivity contribution in [1.82, 2.24) is 19.7 Å². The highest BCUT2D eigenvalue weighted by molar-refractivity contribution is 6.31. The number of halogens is 1. The van der Waals surface area contributed by atoms with Crippen molar-refractivity contribution in [2.24, 2.45) is 7.05 Å². The molecule has 2 aromatic carbocycles. The average Bonchev–Trinajstić information content (AvgIpc) is 3.06. The van der Waals surface area contributed by atoms with E-state index in [-0.39, 0.29) is 6.79 Å². The number of methoxy groups -OCH3 is 1. The molecule has 0 radical (unpaired) electrons. The summed E-state index contributed by atoms with van der Waals surface area (Å²) in [5.74, 6) is 1.81. The van der Waals surface area contributed by atoms with E-state index in [4.69, 9.17) is 31.0 Å². The quantitative estimate of drug-likeness (QED) is 0.403. The molecular weight excluding hydrogens is 400 g/mol. The molecular formula is C23H23ClN4O2. The summed E-state index contributed by atoms with van der Waals surface area (Å²) < 4.78 is 13.0. The zero-order chi connectivity index (χ0) is 20.8. The van der Waals surface area contributed by atoms with Crippen molar-refractivity contribution in [3.63, 3.8) is 0 Å². The van der Waals surface area contributed by atoms with Gasteiger partial charge in [-0.25, -0.2) is 9.97 Å². The Morgan fingerprint density at radius 3 is 2.77 bits per heavy atom. The van der Waals surface area contributed by atoms with Crippen LogP contribution in [-0.4, -0.2) is 33.7 Å². The first kappa shape index (κ1) is 19.3. The third-order valence-electron chi connectivity index (χ3n) is 5.84. The predicted molar refractivity (Wildman–Crippen MR) is 118 cm³/mol. The number of benzene rings is 2. The second-order valence-electron chi connectivity index (χ2n) is 7.89. The van der Waals surface area contributed by atoms with E-state index in [9.17, 15) is 0 Å². The van der Waals surface area contributed by atoms with Gasteiger partial charge in [-0.15, -0.1) is 0 Å². The van der Waals surface area contributed by atoms with Gasteiger partial charge in [0.15, 0.2) is 12.6 Å². The average molecular weight is 423 g/mol. The van der Waals surface area contributed by atoms with Gasteiger partial charge in [0, 0.05) is 47.6 Å². The number of hydrogen-bond donors (Lipinski definition) is 0. The molecule has 7 heteroatoms. The number of fused-ring (bicyclic) bond motifs is 2. The fraction of sp³-hybridized carbons (Fsp3) is 0.348. The molecule has 0 spiro atoms. The maximum atomic E-state index is 6.29. The summed E-state index contributed by atoms with van der Waals surface area (Å²) in [6.07, 6.45) is 5.52. The Kier molecular flexibility index (Phi) is 4.83. The van der Waals surface area contributed by atoms with Crippen LogP contribution in [0.2, 0.25) is 5.02 Å². The molecule has 4 aromatic rings. The van der Waals surface area contributed by atoms with Gasteiger partial charge in [-0.2, -0.15) is 5.10 Å². The van der Waals surface area contributed by atoms with Crippen molar-refractivity contribution >= 4 is 33.4 Å². The van der Waals surface area contributed by atoms with Gasteiger partial charge >= 0.3 is 0 Å². The molecule has 2 heterocycles. The van der Waals surface area contributed by atoms with Crippen molar-refractivity contribution in [2.75, 3.05) is 13.9 Å². The van der Waals surface area contributed by atoms with Crippen molar-refractivity contribution < 1.29 is 9.47 Å². The molecule has 1 fully saturated rings. The first-order valence-corrected chi connectivity index (χ1v) is 10.5. The van der Waals surface area contributed by atoms with Gasteiger partial charge in [0.25, 0.3) is 0 Å². The van der Waals surface area contributed by atoms with Gasteiger partial charge in [-0.1, -0.05) is 18.0 Å². The predicted octanol–water partition coefficient (Wildman–Crippen LogP) is 5.40. The second kappa shape index (κ2) is 7.52. The highest BCUT2D eigenvalue weighted by atomic mass is 35.5. The van der Waals surface area contributed by atoms with E-state index in [1.54, 1.807) is 7.11 Å². The minimum atomic E-state index is 0.144. The Morgan fingerprint density at radius 1 is 1.20 bits per heavy atom. The third-order valence-corrected chi connectivity index (χ3v) is 6.07. The van der Waals surface area contributed by atoms with Crippen LogP contribution < -0.4 is 4.74 Å². The van der Waals surface area contributed by atoms with Gasteiger partial charge in [-0.05, 0) is 44.0 Å². The Hall–Kier alpha value is -2.70. The van der Waals surface area contributed by atoms with Gasteiger partial charge < -0.3 is 9.47 Å². The lowest BCUT2D eigenvalue weighted by Crippen LogP contribution is -2.13. The molecule has 0 amide bonds. The molecule has 0 bridgehead atoms. The molecule has 1 saturated carbocycles.